The molecule has 0 unspecified atom stereocenters. The first kappa shape index (κ1) is 18.5. The number of benzene rings is 2. The van der Waals surface area contributed by atoms with E-state index < -0.39 is 5.97 Å². The Morgan fingerprint density at radius 1 is 1.15 bits per heavy atom. The van der Waals surface area contributed by atoms with Crippen LogP contribution in [0.5, 0.6) is 11.5 Å². The topological polar surface area (TPSA) is 97.2 Å². The van der Waals surface area contributed by atoms with Gasteiger partial charge in [0.25, 0.3) is 5.91 Å². The van der Waals surface area contributed by atoms with Crippen molar-refractivity contribution in [2.75, 3.05) is 14.2 Å². The second kappa shape index (κ2) is 7.96. The molecule has 2 aromatic carbocycles. The van der Waals surface area contributed by atoms with Gasteiger partial charge in [-0.15, -0.1) is 0 Å². The van der Waals surface area contributed by atoms with Gasteiger partial charge >= 0.3 is 5.97 Å². The highest BCUT2D eigenvalue weighted by Crippen LogP contribution is 2.36. The van der Waals surface area contributed by atoms with Crippen molar-refractivity contribution in [2.24, 2.45) is 4.99 Å². The van der Waals surface area contributed by atoms with Gasteiger partial charge in [0, 0.05) is 0 Å². The SMILES string of the molecule is COc1ccc(/C=C2/SC(=Nc3ccccc3)NC2=O)c(C(=O)O)c1OC. The van der Waals surface area contributed by atoms with Crippen molar-refractivity contribution in [1.29, 1.82) is 0 Å². The molecule has 1 aliphatic rings. The number of nitrogens with zero attached hydrogens (tertiary/aromatic N) is 1. The molecule has 27 heavy (non-hydrogen) atoms. The lowest BCUT2D eigenvalue weighted by Crippen LogP contribution is -2.19. The quantitative estimate of drug-likeness (QED) is 0.768. The summed E-state index contributed by atoms with van der Waals surface area (Å²) in [5.41, 5.74) is 0.962. The number of para-hydroxylation sites is 1. The number of thioether (sulfide) groups is 1. The van der Waals surface area contributed by atoms with Gasteiger partial charge in [0.05, 0.1) is 24.8 Å². The van der Waals surface area contributed by atoms with Gasteiger partial charge in [-0.25, -0.2) is 9.79 Å². The van der Waals surface area contributed by atoms with Crippen LogP contribution in [-0.2, 0) is 4.79 Å². The van der Waals surface area contributed by atoms with Crippen LogP contribution in [0.2, 0.25) is 0 Å². The minimum Gasteiger partial charge on any atom is -0.493 e. The number of aromatic carboxylic acids is 1. The van der Waals surface area contributed by atoms with E-state index in [1.807, 2.05) is 30.3 Å². The summed E-state index contributed by atoms with van der Waals surface area (Å²) in [7, 11) is 2.79. The first-order valence-corrected chi connectivity index (χ1v) is 8.68. The van der Waals surface area contributed by atoms with Gasteiger partial charge in [0.2, 0.25) is 0 Å². The molecule has 0 aromatic heterocycles. The summed E-state index contributed by atoms with van der Waals surface area (Å²) in [6.07, 6.45) is 1.50. The molecule has 8 heteroatoms. The summed E-state index contributed by atoms with van der Waals surface area (Å²) in [4.78, 5) is 28.7. The molecular formula is C19H16N2O5S. The number of carboxylic acid groups (broad SMARTS) is 1. The Hall–Kier alpha value is -3.26. The van der Waals surface area contributed by atoms with Gasteiger partial charge in [-0.05, 0) is 41.6 Å². The molecule has 138 valence electrons. The predicted octanol–water partition coefficient (Wildman–Crippen LogP) is 3.29. The number of hydrogen-bond donors (Lipinski definition) is 2. The number of nitrogens with one attached hydrogen (secondary N) is 1. The van der Waals surface area contributed by atoms with Crippen LogP contribution in [0.4, 0.5) is 5.69 Å². The van der Waals surface area contributed by atoms with Crippen molar-refractivity contribution in [1.82, 2.24) is 5.32 Å². The summed E-state index contributed by atoms with van der Waals surface area (Å²) in [6, 6.07) is 12.4. The van der Waals surface area contributed by atoms with Crippen molar-refractivity contribution in [3.63, 3.8) is 0 Å². The summed E-state index contributed by atoms with van der Waals surface area (Å²) >= 11 is 1.14. The largest absolute Gasteiger partial charge is 0.493 e. The van der Waals surface area contributed by atoms with E-state index in [4.69, 9.17) is 9.47 Å². The van der Waals surface area contributed by atoms with E-state index in [2.05, 4.69) is 10.3 Å². The Bertz CT molecular complexity index is 954. The monoisotopic (exact) mass is 384 g/mol. The van der Waals surface area contributed by atoms with Crippen LogP contribution in [0.15, 0.2) is 52.4 Å². The summed E-state index contributed by atoms with van der Waals surface area (Å²) in [6.45, 7) is 0. The zero-order chi connectivity index (χ0) is 19.4. The molecule has 2 N–H and O–H groups in total. The third-order valence-corrected chi connectivity index (χ3v) is 4.63. The fourth-order valence-corrected chi connectivity index (χ4v) is 3.36. The number of amidine groups is 1. The van der Waals surface area contributed by atoms with E-state index in [1.165, 1.54) is 20.3 Å². The van der Waals surface area contributed by atoms with Crippen LogP contribution in [0.25, 0.3) is 6.08 Å². The normalized spacial score (nSPS) is 16.4. The molecule has 3 rings (SSSR count). The summed E-state index contributed by atoms with van der Waals surface area (Å²) in [5, 5.41) is 12.7. The highest BCUT2D eigenvalue weighted by Gasteiger charge is 2.26. The molecular weight excluding hydrogens is 368 g/mol. The van der Waals surface area contributed by atoms with Crippen molar-refractivity contribution >= 4 is 40.6 Å². The number of aliphatic imine (C=N–C) groups is 1. The number of ether oxygens (including phenoxy) is 2. The third kappa shape index (κ3) is 3.95. The highest BCUT2D eigenvalue weighted by atomic mass is 32.2. The zero-order valence-electron chi connectivity index (χ0n) is 14.6. The zero-order valence-corrected chi connectivity index (χ0v) is 15.4. The summed E-state index contributed by atoms with van der Waals surface area (Å²) < 4.78 is 10.3. The molecule has 1 heterocycles. The molecule has 1 saturated heterocycles. The second-order valence-electron chi connectivity index (χ2n) is 5.39. The van der Waals surface area contributed by atoms with E-state index >= 15 is 0 Å². The van der Waals surface area contributed by atoms with Crippen molar-refractivity contribution < 1.29 is 24.2 Å². The Labute approximate surface area is 159 Å². The second-order valence-corrected chi connectivity index (χ2v) is 6.42. The number of carbonyl (C=O) groups is 2. The average Bonchev–Trinajstić information content (AvgIpc) is 3.00. The first-order valence-electron chi connectivity index (χ1n) is 7.86. The first-order chi connectivity index (χ1) is 13.0. The number of hydrogen-bond acceptors (Lipinski definition) is 6. The number of carbonyl (C=O) groups excluding carboxylic acids is 1. The van der Waals surface area contributed by atoms with Gasteiger partial charge in [0.15, 0.2) is 16.7 Å². The van der Waals surface area contributed by atoms with Gasteiger partial charge in [0.1, 0.15) is 5.56 Å². The molecule has 0 spiro atoms. The smallest absolute Gasteiger partial charge is 0.340 e. The lowest BCUT2D eigenvalue weighted by molar-refractivity contribution is -0.115. The van der Waals surface area contributed by atoms with Crippen LogP contribution in [0, 0.1) is 0 Å². The minimum absolute atomic E-state index is 0.0776. The number of rotatable bonds is 5. The number of amides is 1. The fourth-order valence-electron chi connectivity index (χ4n) is 2.52. The Balaban J connectivity index is 1.98. The van der Waals surface area contributed by atoms with Gasteiger partial charge in [-0.2, -0.15) is 0 Å². The molecule has 0 aliphatic carbocycles. The van der Waals surface area contributed by atoms with Crippen LogP contribution in [0.1, 0.15) is 15.9 Å². The third-order valence-electron chi connectivity index (χ3n) is 3.72. The molecule has 1 aliphatic heterocycles. The van der Waals surface area contributed by atoms with E-state index in [0.717, 1.165) is 11.8 Å². The number of methoxy groups -OCH3 is 2. The summed E-state index contributed by atoms with van der Waals surface area (Å²) in [5.74, 6) is -1.13. The van der Waals surface area contributed by atoms with E-state index in [1.54, 1.807) is 12.1 Å². The van der Waals surface area contributed by atoms with Gasteiger partial charge < -0.3 is 19.9 Å². The van der Waals surface area contributed by atoms with E-state index in [0.29, 0.717) is 27.1 Å². The van der Waals surface area contributed by atoms with Crippen molar-refractivity contribution in [3.05, 3.63) is 58.5 Å². The molecule has 1 amide bonds. The maximum Gasteiger partial charge on any atom is 0.340 e. The standard InChI is InChI=1S/C19H16N2O5S/c1-25-13-9-8-11(15(18(23)24)16(13)26-2)10-14-17(22)21-19(27-14)20-12-6-4-3-5-7-12/h3-10H,1-2H3,(H,23,24)(H,20,21,22)/b14-10+. The average molecular weight is 384 g/mol. The van der Waals surface area contributed by atoms with Crippen LogP contribution in [0.3, 0.4) is 0 Å². The molecule has 1 fully saturated rings. The maximum atomic E-state index is 12.3. The number of carboxylic acids is 1. The molecule has 2 aromatic rings. The van der Waals surface area contributed by atoms with Crippen LogP contribution in [-0.4, -0.2) is 36.4 Å². The minimum atomic E-state index is -1.18. The predicted molar refractivity (Wildman–Crippen MR) is 104 cm³/mol. The van der Waals surface area contributed by atoms with Crippen molar-refractivity contribution in [2.45, 2.75) is 0 Å². The molecule has 0 bridgehead atoms. The van der Waals surface area contributed by atoms with Gasteiger partial charge in [-0.1, -0.05) is 24.3 Å². The van der Waals surface area contributed by atoms with E-state index in [9.17, 15) is 14.7 Å². The van der Waals surface area contributed by atoms with Crippen molar-refractivity contribution in [3.8, 4) is 11.5 Å². The van der Waals surface area contributed by atoms with E-state index in [-0.39, 0.29) is 17.2 Å². The van der Waals surface area contributed by atoms with Crippen LogP contribution < -0.4 is 14.8 Å². The molecule has 7 nitrogen and oxygen atoms in total. The molecule has 0 atom stereocenters. The lowest BCUT2D eigenvalue weighted by atomic mass is 10.0. The van der Waals surface area contributed by atoms with Crippen LogP contribution >= 0.6 is 11.8 Å². The maximum absolute atomic E-state index is 12.3. The molecule has 0 saturated carbocycles. The Morgan fingerprint density at radius 3 is 2.52 bits per heavy atom. The van der Waals surface area contributed by atoms with Gasteiger partial charge in [-0.3, -0.25) is 4.79 Å². The Kier molecular flexibility index (Phi) is 5.46. The molecule has 0 radical (unpaired) electrons. The Morgan fingerprint density at radius 2 is 1.89 bits per heavy atom. The lowest BCUT2D eigenvalue weighted by Gasteiger charge is -2.12. The highest BCUT2D eigenvalue weighted by molar-refractivity contribution is 8.18. The fraction of sp³-hybridized carbons (Fsp3) is 0.105.